The molecule has 2 aromatic heterocycles. The van der Waals surface area contributed by atoms with Gasteiger partial charge in [-0.1, -0.05) is 11.6 Å². The monoisotopic (exact) mass is 337 g/mol. The highest BCUT2D eigenvalue weighted by Gasteiger charge is 2.13. The van der Waals surface area contributed by atoms with E-state index in [1.54, 1.807) is 0 Å². The first kappa shape index (κ1) is 16.8. The number of anilines is 1. The molecule has 0 aliphatic carbocycles. The fourth-order valence-corrected chi connectivity index (χ4v) is 1.95. The van der Waals surface area contributed by atoms with Gasteiger partial charge >= 0.3 is 0 Å². The molecule has 2 heterocycles. The zero-order chi connectivity index (χ0) is 17.0. The Kier molecular flexibility index (Phi) is 5.17. The van der Waals surface area contributed by atoms with Gasteiger partial charge in [-0.2, -0.15) is 5.10 Å². The highest BCUT2D eigenvalue weighted by atomic mass is 35.5. The summed E-state index contributed by atoms with van der Waals surface area (Å²) in [5, 5.41) is 6.78. The van der Waals surface area contributed by atoms with Crippen LogP contribution in [0.3, 0.4) is 0 Å². The molecule has 0 saturated carbocycles. The molecule has 122 valence electrons. The van der Waals surface area contributed by atoms with Gasteiger partial charge in [0.1, 0.15) is 11.6 Å². The molecule has 0 atom stereocenters. The van der Waals surface area contributed by atoms with Crippen molar-refractivity contribution in [1.82, 2.24) is 14.8 Å². The molecule has 0 aromatic carbocycles. The van der Waals surface area contributed by atoms with E-state index in [1.165, 1.54) is 29.3 Å². The number of hydrogen-bond donors (Lipinski definition) is 2. The van der Waals surface area contributed by atoms with Crippen molar-refractivity contribution in [3.8, 4) is 5.88 Å². The van der Waals surface area contributed by atoms with E-state index >= 15 is 0 Å². The first-order valence-corrected chi connectivity index (χ1v) is 7.17. The number of halogens is 1. The molecule has 23 heavy (non-hydrogen) atoms. The van der Waals surface area contributed by atoms with E-state index in [1.807, 2.05) is 13.8 Å². The number of rotatable bonds is 6. The van der Waals surface area contributed by atoms with Crippen LogP contribution in [-0.2, 0) is 11.3 Å². The zero-order valence-electron chi connectivity index (χ0n) is 12.6. The second-order valence-electron chi connectivity index (χ2n) is 5.02. The van der Waals surface area contributed by atoms with E-state index in [9.17, 15) is 9.59 Å². The third-order valence-electron chi connectivity index (χ3n) is 2.63. The van der Waals surface area contributed by atoms with Crippen molar-refractivity contribution in [2.75, 3.05) is 5.32 Å². The lowest BCUT2D eigenvalue weighted by Crippen LogP contribution is -2.18. The lowest BCUT2D eigenvalue weighted by molar-refractivity contribution is -0.118. The van der Waals surface area contributed by atoms with Crippen molar-refractivity contribution in [3.05, 3.63) is 35.2 Å². The van der Waals surface area contributed by atoms with E-state index in [0.717, 1.165) is 0 Å². The molecular weight excluding hydrogens is 322 g/mol. The predicted octanol–water partition coefficient (Wildman–Crippen LogP) is 1.46. The van der Waals surface area contributed by atoms with E-state index in [4.69, 9.17) is 22.1 Å². The Labute approximate surface area is 137 Å². The molecule has 0 fully saturated rings. The van der Waals surface area contributed by atoms with E-state index in [0.29, 0.717) is 5.69 Å². The normalized spacial score (nSPS) is 10.6. The predicted molar refractivity (Wildman–Crippen MR) is 84.4 cm³/mol. The van der Waals surface area contributed by atoms with Crippen LogP contribution in [0.15, 0.2) is 24.7 Å². The Hall–Kier alpha value is -2.61. The molecule has 0 unspecified atom stereocenters. The Morgan fingerprint density at radius 3 is 2.78 bits per heavy atom. The topological polar surface area (TPSA) is 112 Å². The smallest absolute Gasteiger partial charge is 0.257 e. The summed E-state index contributed by atoms with van der Waals surface area (Å²) < 4.78 is 6.73. The van der Waals surface area contributed by atoms with Crippen LogP contribution in [0.2, 0.25) is 5.02 Å². The number of aromatic nitrogens is 3. The first-order chi connectivity index (χ1) is 10.8. The van der Waals surface area contributed by atoms with Gasteiger partial charge in [-0.15, -0.1) is 0 Å². The number of hydrogen-bond acceptors (Lipinski definition) is 5. The van der Waals surface area contributed by atoms with Gasteiger partial charge in [0.15, 0.2) is 0 Å². The molecule has 2 aromatic rings. The first-order valence-electron chi connectivity index (χ1n) is 6.79. The molecule has 0 spiro atoms. The fourth-order valence-electron chi connectivity index (χ4n) is 1.74. The number of ether oxygens (including phenoxy) is 1. The molecule has 3 N–H and O–H groups in total. The molecular formula is C14H16ClN5O3. The van der Waals surface area contributed by atoms with Crippen molar-refractivity contribution < 1.29 is 14.3 Å². The quantitative estimate of drug-likeness (QED) is 0.828. The van der Waals surface area contributed by atoms with Crippen LogP contribution in [0.5, 0.6) is 5.88 Å². The number of nitrogens with two attached hydrogens (primary N) is 1. The van der Waals surface area contributed by atoms with Gasteiger partial charge in [-0.05, 0) is 19.9 Å². The molecule has 2 rings (SSSR count). The average Bonchev–Trinajstić information content (AvgIpc) is 2.86. The molecule has 0 aliphatic rings. The van der Waals surface area contributed by atoms with Crippen molar-refractivity contribution in [1.29, 1.82) is 0 Å². The van der Waals surface area contributed by atoms with E-state index in [-0.39, 0.29) is 29.1 Å². The summed E-state index contributed by atoms with van der Waals surface area (Å²) in [6, 6.07) is 1.47. The number of carbonyl (C=O) groups is 2. The van der Waals surface area contributed by atoms with Crippen LogP contribution in [0.25, 0.3) is 0 Å². The molecule has 0 aliphatic heterocycles. The minimum absolute atomic E-state index is 0.0650. The lowest BCUT2D eigenvalue weighted by atomic mass is 10.2. The van der Waals surface area contributed by atoms with Crippen molar-refractivity contribution in [2.24, 2.45) is 5.73 Å². The maximum Gasteiger partial charge on any atom is 0.257 e. The van der Waals surface area contributed by atoms with Gasteiger partial charge in [0.05, 0.1) is 23.6 Å². The zero-order valence-corrected chi connectivity index (χ0v) is 13.4. The van der Waals surface area contributed by atoms with Crippen molar-refractivity contribution in [3.63, 3.8) is 0 Å². The SMILES string of the molecule is CC(C)Oc1ncc(C(=O)Nc2cnn(CC(N)=O)c2)cc1Cl. The van der Waals surface area contributed by atoms with Gasteiger partial charge in [0.2, 0.25) is 11.8 Å². The van der Waals surface area contributed by atoms with Gasteiger partial charge in [0, 0.05) is 12.4 Å². The molecule has 0 radical (unpaired) electrons. The third kappa shape index (κ3) is 4.68. The highest BCUT2D eigenvalue weighted by molar-refractivity contribution is 6.32. The van der Waals surface area contributed by atoms with Gasteiger partial charge in [-0.3, -0.25) is 14.3 Å². The number of pyridine rings is 1. The van der Waals surface area contributed by atoms with Gasteiger partial charge < -0.3 is 15.8 Å². The van der Waals surface area contributed by atoms with E-state index < -0.39 is 11.8 Å². The largest absolute Gasteiger partial charge is 0.474 e. The van der Waals surface area contributed by atoms with Crippen LogP contribution < -0.4 is 15.8 Å². The summed E-state index contributed by atoms with van der Waals surface area (Å²) in [7, 11) is 0. The lowest BCUT2D eigenvalue weighted by Gasteiger charge is -2.10. The van der Waals surface area contributed by atoms with E-state index in [2.05, 4.69) is 15.4 Å². The second kappa shape index (κ2) is 7.10. The summed E-state index contributed by atoms with van der Waals surface area (Å²) in [5.74, 6) is -0.663. The fraction of sp³-hybridized carbons (Fsp3) is 0.286. The summed E-state index contributed by atoms with van der Waals surface area (Å²) >= 11 is 6.05. The molecule has 9 heteroatoms. The Morgan fingerprint density at radius 1 is 1.43 bits per heavy atom. The van der Waals surface area contributed by atoms with Gasteiger partial charge in [0.25, 0.3) is 5.91 Å². The summed E-state index contributed by atoms with van der Waals surface area (Å²) in [4.78, 5) is 27.0. The number of carbonyl (C=O) groups excluding carboxylic acids is 2. The van der Waals surface area contributed by atoms with Crippen LogP contribution in [-0.4, -0.2) is 32.7 Å². The third-order valence-corrected chi connectivity index (χ3v) is 2.90. The average molecular weight is 338 g/mol. The number of primary amides is 1. The van der Waals surface area contributed by atoms with Crippen LogP contribution in [0.4, 0.5) is 5.69 Å². The van der Waals surface area contributed by atoms with Crippen molar-refractivity contribution >= 4 is 29.1 Å². The summed E-state index contributed by atoms with van der Waals surface area (Å²) in [6.07, 6.45) is 4.20. The number of nitrogens with zero attached hydrogens (tertiary/aromatic N) is 3. The maximum absolute atomic E-state index is 12.2. The highest BCUT2D eigenvalue weighted by Crippen LogP contribution is 2.23. The van der Waals surface area contributed by atoms with Crippen LogP contribution in [0.1, 0.15) is 24.2 Å². The minimum Gasteiger partial charge on any atom is -0.474 e. The standard InChI is InChI=1S/C14H16ClN5O3/c1-8(2)23-14-11(15)3-9(4-17-14)13(22)19-10-5-18-20(6-10)7-12(16)21/h3-6,8H,7H2,1-2H3,(H2,16,21)(H,19,22). The summed E-state index contributed by atoms with van der Waals surface area (Å²) in [5.41, 5.74) is 5.77. The molecule has 2 amide bonds. The van der Waals surface area contributed by atoms with Crippen LogP contribution >= 0.6 is 11.6 Å². The molecule has 0 saturated heterocycles. The Morgan fingerprint density at radius 2 is 2.17 bits per heavy atom. The summed E-state index contributed by atoms with van der Waals surface area (Å²) in [6.45, 7) is 3.63. The maximum atomic E-state index is 12.2. The Balaban J connectivity index is 2.07. The van der Waals surface area contributed by atoms with Crippen molar-refractivity contribution in [2.45, 2.75) is 26.5 Å². The number of nitrogens with one attached hydrogen (secondary N) is 1. The van der Waals surface area contributed by atoms with Gasteiger partial charge in [-0.25, -0.2) is 4.98 Å². The van der Waals surface area contributed by atoms with Crippen LogP contribution in [0, 0.1) is 0 Å². The molecule has 8 nitrogen and oxygen atoms in total. The molecule has 0 bridgehead atoms. The second-order valence-corrected chi connectivity index (χ2v) is 5.43. The minimum atomic E-state index is -0.525. The number of amides is 2. The Bertz CT molecular complexity index is 729.